The van der Waals surface area contributed by atoms with Crippen LogP contribution < -0.4 is 0 Å². The molecule has 0 aliphatic carbocycles. The first-order chi connectivity index (χ1) is 21.2. The van der Waals surface area contributed by atoms with Gasteiger partial charge in [0, 0.05) is 16.9 Å². The van der Waals surface area contributed by atoms with Crippen LogP contribution in [0.1, 0.15) is 72.3 Å². The lowest BCUT2D eigenvalue weighted by molar-refractivity contribution is -0.158. The molecule has 4 rings (SSSR count). The molecule has 1 spiro atoms. The van der Waals surface area contributed by atoms with Gasteiger partial charge in [0.1, 0.15) is 11.6 Å². The van der Waals surface area contributed by atoms with Gasteiger partial charge in [0.05, 0.1) is 37.2 Å². The number of nitrogens with zero attached hydrogens (tertiary/aromatic N) is 2. The first-order valence-electron chi connectivity index (χ1n) is 16.2. The summed E-state index contributed by atoms with van der Waals surface area (Å²) in [7, 11) is 0. The predicted octanol–water partition coefficient (Wildman–Crippen LogP) is 5.47. The van der Waals surface area contributed by atoms with Crippen molar-refractivity contribution in [2.75, 3.05) is 19.8 Å². The maximum Gasteiger partial charge on any atom is 0.312 e. The van der Waals surface area contributed by atoms with Crippen molar-refractivity contribution in [3.05, 3.63) is 61.2 Å². The Morgan fingerprint density at radius 3 is 2.47 bits per heavy atom. The molecule has 2 bridgehead atoms. The number of halogens is 1. The van der Waals surface area contributed by atoms with Crippen molar-refractivity contribution in [2.45, 2.75) is 107 Å². The molecule has 1 aromatic rings. The molecule has 248 valence electrons. The number of alkyl halides is 1. The molecule has 3 aliphatic rings. The van der Waals surface area contributed by atoms with Crippen LogP contribution in [0.25, 0.3) is 0 Å². The SMILES string of the molecule is C=CCCCCOC(=O)[C@H]1[C@H]2C(=O)N([C@@H](CO)Cc3ccccc3)C(C(=O)N(CC=C)C(C)(C)CC(C)(C)C)C23CC(Br)[C@@H]1O3. The number of rotatable bonds is 15. The molecule has 3 aliphatic heterocycles. The van der Waals surface area contributed by atoms with Crippen molar-refractivity contribution in [3.8, 4) is 0 Å². The average Bonchev–Trinajstić information content (AvgIpc) is 3.56. The molecule has 0 aromatic heterocycles. The second-order valence-electron chi connectivity index (χ2n) is 14.7. The summed E-state index contributed by atoms with van der Waals surface area (Å²) in [5.74, 6) is -2.83. The van der Waals surface area contributed by atoms with Gasteiger partial charge in [-0.15, -0.1) is 13.2 Å². The van der Waals surface area contributed by atoms with Crippen molar-refractivity contribution in [3.63, 3.8) is 0 Å². The number of likely N-dealkylation sites (tertiary alicyclic amines) is 1. The van der Waals surface area contributed by atoms with E-state index in [1.54, 1.807) is 15.9 Å². The van der Waals surface area contributed by atoms with E-state index in [0.29, 0.717) is 25.7 Å². The standard InChI is InChI=1S/C36H51BrN2O6/c1-8-10-11-15-19-44-33(43)27-28-31(41)39(25(22-40)20-24-16-13-12-14-17-24)30(36(28)21-26(37)29(27)45-36)32(42)38(18-9-2)35(6,7)23-34(3,4)5/h8-9,12-14,16-17,25-30,40H,1-2,10-11,15,18-23H2,3-7H3/t25-,26?,27+,28+,29+,30?,36?/m1/s1. The summed E-state index contributed by atoms with van der Waals surface area (Å²) in [6.45, 7) is 18.3. The summed E-state index contributed by atoms with van der Waals surface area (Å²) in [5.41, 5.74) is -0.990. The van der Waals surface area contributed by atoms with Crippen LogP contribution in [-0.2, 0) is 30.3 Å². The number of ether oxygens (including phenoxy) is 2. The summed E-state index contributed by atoms with van der Waals surface area (Å²) in [6.07, 6.45) is 6.74. The van der Waals surface area contributed by atoms with E-state index in [4.69, 9.17) is 9.47 Å². The molecule has 1 aromatic carbocycles. The molecule has 3 heterocycles. The molecule has 3 saturated heterocycles. The van der Waals surface area contributed by atoms with E-state index in [1.165, 1.54) is 0 Å². The van der Waals surface area contributed by atoms with Crippen molar-refractivity contribution >= 4 is 33.7 Å². The lowest BCUT2D eigenvalue weighted by Crippen LogP contribution is -2.63. The zero-order chi connectivity index (χ0) is 33.2. The fourth-order valence-electron chi connectivity index (χ4n) is 8.11. The van der Waals surface area contributed by atoms with E-state index >= 15 is 4.79 Å². The minimum Gasteiger partial charge on any atom is -0.465 e. The maximum atomic E-state index is 15.1. The molecular formula is C36H51BrN2O6. The van der Waals surface area contributed by atoms with Crippen molar-refractivity contribution in [1.82, 2.24) is 9.80 Å². The number of hydrogen-bond acceptors (Lipinski definition) is 6. The zero-order valence-corrected chi connectivity index (χ0v) is 29.1. The molecule has 2 amide bonds. The van der Waals surface area contributed by atoms with Crippen LogP contribution in [0.2, 0.25) is 0 Å². The normalized spacial score (nSPS) is 28.1. The van der Waals surface area contributed by atoms with Gasteiger partial charge in [-0.2, -0.15) is 0 Å². The van der Waals surface area contributed by atoms with Gasteiger partial charge in [0.15, 0.2) is 0 Å². The number of carbonyl (C=O) groups excluding carboxylic acids is 3. The molecule has 3 fully saturated rings. The molecule has 45 heavy (non-hydrogen) atoms. The highest BCUT2D eigenvalue weighted by molar-refractivity contribution is 9.09. The third-order valence-electron chi connectivity index (χ3n) is 9.47. The zero-order valence-electron chi connectivity index (χ0n) is 27.5. The van der Waals surface area contributed by atoms with Gasteiger partial charge in [-0.05, 0) is 63.4 Å². The van der Waals surface area contributed by atoms with Gasteiger partial charge >= 0.3 is 5.97 Å². The van der Waals surface area contributed by atoms with E-state index in [0.717, 1.165) is 18.4 Å². The van der Waals surface area contributed by atoms with E-state index in [-0.39, 0.29) is 41.8 Å². The smallest absolute Gasteiger partial charge is 0.312 e. The number of benzene rings is 1. The number of aliphatic hydroxyl groups excluding tert-OH is 1. The number of amides is 2. The third-order valence-corrected chi connectivity index (χ3v) is 10.3. The van der Waals surface area contributed by atoms with Gasteiger partial charge in [-0.25, -0.2) is 0 Å². The van der Waals surface area contributed by atoms with Crippen LogP contribution in [-0.4, -0.2) is 86.6 Å². The Morgan fingerprint density at radius 1 is 1.18 bits per heavy atom. The molecule has 0 saturated carbocycles. The lowest BCUT2D eigenvalue weighted by Gasteiger charge is -2.46. The summed E-state index contributed by atoms with van der Waals surface area (Å²) in [4.78, 5) is 46.5. The Morgan fingerprint density at radius 2 is 1.87 bits per heavy atom. The molecule has 9 heteroatoms. The number of aliphatic hydroxyl groups is 1. The second-order valence-corrected chi connectivity index (χ2v) is 15.9. The van der Waals surface area contributed by atoms with Crippen LogP contribution in [0.15, 0.2) is 55.6 Å². The largest absolute Gasteiger partial charge is 0.465 e. The number of esters is 1. The minimum atomic E-state index is -1.25. The van der Waals surface area contributed by atoms with Gasteiger partial charge in [0.2, 0.25) is 11.8 Å². The third kappa shape index (κ3) is 7.10. The number of fused-ring (bicyclic) bond motifs is 1. The topological polar surface area (TPSA) is 96.4 Å². The van der Waals surface area contributed by atoms with Crippen LogP contribution in [0.4, 0.5) is 0 Å². The fraction of sp³-hybridized carbons (Fsp3) is 0.639. The molecule has 8 nitrogen and oxygen atoms in total. The quantitative estimate of drug-likeness (QED) is 0.114. The van der Waals surface area contributed by atoms with Gasteiger partial charge in [0.25, 0.3) is 0 Å². The second kappa shape index (κ2) is 14.1. The Hall–Kier alpha value is -2.49. The first kappa shape index (κ1) is 35.4. The number of allylic oxidation sites excluding steroid dienone is 1. The molecule has 0 radical (unpaired) electrons. The summed E-state index contributed by atoms with van der Waals surface area (Å²) in [5, 5.41) is 10.8. The summed E-state index contributed by atoms with van der Waals surface area (Å²) in [6, 6.07) is 7.89. The summed E-state index contributed by atoms with van der Waals surface area (Å²) >= 11 is 3.75. The molecule has 3 unspecified atom stereocenters. The predicted molar refractivity (Wildman–Crippen MR) is 179 cm³/mol. The Labute approximate surface area is 277 Å². The maximum absolute atomic E-state index is 15.1. The lowest BCUT2D eigenvalue weighted by atomic mass is 9.70. The van der Waals surface area contributed by atoms with Crippen molar-refractivity contribution < 1.29 is 29.0 Å². The Balaban J connectivity index is 1.78. The Kier molecular flexibility index (Phi) is 11.1. The first-order valence-corrected chi connectivity index (χ1v) is 17.1. The van der Waals surface area contributed by atoms with E-state index in [1.807, 2.05) is 50.3 Å². The number of hydrogen-bond donors (Lipinski definition) is 1. The van der Waals surface area contributed by atoms with Crippen LogP contribution in [0.3, 0.4) is 0 Å². The molecule has 7 atom stereocenters. The van der Waals surface area contributed by atoms with E-state index < -0.39 is 47.1 Å². The molecule has 1 N–H and O–H groups in total. The Bertz CT molecular complexity index is 1250. The van der Waals surface area contributed by atoms with Crippen LogP contribution >= 0.6 is 15.9 Å². The van der Waals surface area contributed by atoms with Crippen molar-refractivity contribution in [2.24, 2.45) is 17.3 Å². The van der Waals surface area contributed by atoms with Gasteiger partial charge < -0.3 is 24.4 Å². The highest BCUT2D eigenvalue weighted by Crippen LogP contribution is 2.61. The monoisotopic (exact) mass is 686 g/mol. The van der Waals surface area contributed by atoms with Crippen LogP contribution in [0, 0.1) is 17.3 Å². The summed E-state index contributed by atoms with van der Waals surface area (Å²) < 4.78 is 12.4. The average molecular weight is 688 g/mol. The highest BCUT2D eigenvalue weighted by Gasteiger charge is 2.77. The number of unbranched alkanes of at least 4 members (excludes halogenated alkanes) is 2. The minimum absolute atomic E-state index is 0.0834. The highest BCUT2D eigenvalue weighted by atomic mass is 79.9. The van der Waals surface area contributed by atoms with E-state index in [2.05, 4.69) is 49.9 Å². The van der Waals surface area contributed by atoms with Gasteiger partial charge in [-0.1, -0.05) is 79.2 Å². The van der Waals surface area contributed by atoms with E-state index in [9.17, 15) is 14.7 Å². The van der Waals surface area contributed by atoms with Gasteiger partial charge in [-0.3, -0.25) is 14.4 Å². The van der Waals surface area contributed by atoms with Crippen LogP contribution in [0.5, 0.6) is 0 Å². The fourth-order valence-corrected chi connectivity index (χ4v) is 9.05. The van der Waals surface area contributed by atoms with Crippen molar-refractivity contribution in [1.29, 1.82) is 0 Å². The molecular weight excluding hydrogens is 636 g/mol. The number of carbonyl (C=O) groups is 3.